The van der Waals surface area contributed by atoms with Crippen molar-refractivity contribution in [3.8, 4) is 0 Å². The highest BCUT2D eigenvalue weighted by atomic mass is 32.2. The van der Waals surface area contributed by atoms with E-state index in [1.165, 1.54) is 24.5 Å². The summed E-state index contributed by atoms with van der Waals surface area (Å²) in [4.78, 5) is 0.304. The summed E-state index contributed by atoms with van der Waals surface area (Å²) in [5, 5.41) is 0. The van der Waals surface area contributed by atoms with Gasteiger partial charge in [-0.05, 0) is 48.7 Å². The number of aryl methyl sites for hydroxylation is 1. The van der Waals surface area contributed by atoms with E-state index in [1.54, 1.807) is 12.1 Å². The highest BCUT2D eigenvalue weighted by Gasteiger charge is 2.25. The minimum absolute atomic E-state index is 0.0463. The molecule has 6 nitrogen and oxygen atoms in total. The number of hydrogen-bond donors (Lipinski definition) is 1. The van der Waals surface area contributed by atoms with Crippen LogP contribution in [-0.4, -0.2) is 22.6 Å². The van der Waals surface area contributed by atoms with Crippen LogP contribution in [0.1, 0.15) is 17.7 Å². The van der Waals surface area contributed by atoms with Gasteiger partial charge in [0.05, 0.1) is 28.4 Å². The van der Waals surface area contributed by atoms with Gasteiger partial charge in [-0.2, -0.15) is 0 Å². The summed E-state index contributed by atoms with van der Waals surface area (Å²) in [5.41, 5.74) is 0.562. The maximum Gasteiger partial charge on any atom is 0.240 e. The van der Waals surface area contributed by atoms with Gasteiger partial charge in [0.2, 0.25) is 10.0 Å². The lowest BCUT2D eigenvalue weighted by Crippen LogP contribution is -2.24. The van der Waals surface area contributed by atoms with Crippen LogP contribution in [0.2, 0.25) is 0 Å². The topological polar surface area (TPSA) is 93.5 Å². The molecule has 22 heavy (non-hydrogen) atoms. The van der Waals surface area contributed by atoms with Gasteiger partial charge >= 0.3 is 0 Å². The van der Waals surface area contributed by atoms with E-state index in [-0.39, 0.29) is 22.1 Å². The molecule has 0 unspecified atom stereocenters. The van der Waals surface area contributed by atoms with E-state index in [4.69, 9.17) is 4.42 Å². The lowest BCUT2D eigenvalue weighted by atomic mass is 10.1. The van der Waals surface area contributed by atoms with E-state index in [2.05, 4.69) is 4.72 Å². The van der Waals surface area contributed by atoms with Gasteiger partial charge in [0.1, 0.15) is 5.76 Å². The normalized spacial score (nSPS) is 17.1. The fourth-order valence-electron chi connectivity index (χ4n) is 2.45. The molecule has 1 aliphatic heterocycles. The van der Waals surface area contributed by atoms with Crippen molar-refractivity contribution in [3.05, 3.63) is 47.9 Å². The molecular formula is C14H15NO5S2. The predicted octanol–water partition coefficient (Wildman–Crippen LogP) is 1.48. The van der Waals surface area contributed by atoms with E-state index in [0.717, 1.165) is 0 Å². The molecule has 0 spiro atoms. The number of furan rings is 1. The molecule has 0 amide bonds. The molecule has 0 atom stereocenters. The molecule has 0 bridgehead atoms. The summed E-state index contributed by atoms with van der Waals surface area (Å²) in [6.45, 7) is 0.0463. The van der Waals surface area contributed by atoms with Gasteiger partial charge in [-0.1, -0.05) is 0 Å². The van der Waals surface area contributed by atoms with Crippen LogP contribution in [0.3, 0.4) is 0 Å². The summed E-state index contributed by atoms with van der Waals surface area (Å²) in [6.07, 6.45) is 2.54. The highest BCUT2D eigenvalue weighted by molar-refractivity contribution is 7.91. The van der Waals surface area contributed by atoms with E-state index >= 15 is 0 Å². The van der Waals surface area contributed by atoms with Gasteiger partial charge in [0.15, 0.2) is 9.84 Å². The van der Waals surface area contributed by atoms with Crippen molar-refractivity contribution in [1.82, 2.24) is 4.72 Å². The van der Waals surface area contributed by atoms with E-state index in [9.17, 15) is 16.8 Å². The molecule has 1 N–H and O–H groups in total. The molecule has 0 saturated carbocycles. The van der Waals surface area contributed by atoms with Crippen LogP contribution in [0.15, 0.2) is 50.8 Å². The minimum atomic E-state index is -3.71. The SMILES string of the molecule is O=S1(=O)CCCc2cc(S(=O)(=O)NCc3ccco3)ccc21. The summed E-state index contributed by atoms with van der Waals surface area (Å²) in [6, 6.07) is 7.49. The molecule has 2 aromatic rings. The Kier molecular flexibility index (Phi) is 3.84. The highest BCUT2D eigenvalue weighted by Crippen LogP contribution is 2.27. The standard InChI is InChI=1S/C14H15NO5S2/c16-21(17)8-2-3-11-9-13(5-6-14(11)21)22(18,19)15-10-12-4-1-7-20-12/h1,4-7,9,15H,2-3,8,10H2. The second-order valence-electron chi connectivity index (χ2n) is 5.10. The summed E-state index contributed by atoms with van der Waals surface area (Å²) >= 11 is 0. The number of sulfone groups is 1. The first-order valence-electron chi connectivity index (χ1n) is 6.76. The Hall–Kier alpha value is -1.64. The number of nitrogens with one attached hydrogen (secondary N) is 1. The van der Waals surface area contributed by atoms with Gasteiger partial charge in [-0.25, -0.2) is 21.6 Å². The third kappa shape index (κ3) is 2.94. The molecule has 2 heterocycles. The van der Waals surface area contributed by atoms with Crippen molar-refractivity contribution >= 4 is 19.9 Å². The van der Waals surface area contributed by atoms with E-state index < -0.39 is 19.9 Å². The monoisotopic (exact) mass is 341 g/mol. The first-order chi connectivity index (χ1) is 10.4. The molecule has 0 aliphatic carbocycles. The molecule has 1 aliphatic rings. The van der Waals surface area contributed by atoms with E-state index in [1.807, 2.05) is 0 Å². The number of fused-ring (bicyclic) bond motifs is 1. The second-order valence-corrected chi connectivity index (χ2v) is 8.94. The van der Waals surface area contributed by atoms with Crippen LogP contribution in [-0.2, 0) is 32.8 Å². The number of rotatable bonds is 4. The van der Waals surface area contributed by atoms with Gasteiger partial charge in [-0.3, -0.25) is 0 Å². The Balaban J connectivity index is 1.88. The summed E-state index contributed by atoms with van der Waals surface area (Å²) < 4.78 is 55.9. The van der Waals surface area contributed by atoms with Crippen molar-refractivity contribution in [2.24, 2.45) is 0 Å². The zero-order valence-corrected chi connectivity index (χ0v) is 13.3. The Morgan fingerprint density at radius 2 is 2.05 bits per heavy atom. The molecule has 0 saturated heterocycles. The Morgan fingerprint density at radius 3 is 2.77 bits per heavy atom. The first kappa shape index (κ1) is 15.3. The molecule has 1 aromatic heterocycles. The third-order valence-corrected chi connectivity index (χ3v) is 6.85. The summed E-state index contributed by atoms with van der Waals surface area (Å²) in [5.74, 6) is 0.618. The predicted molar refractivity (Wildman–Crippen MR) is 79.5 cm³/mol. The van der Waals surface area contributed by atoms with E-state index in [0.29, 0.717) is 24.2 Å². The van der Waals surface area contributed by atoms with Crippen LogP contribution in [0.4, 0.5) is 0 Å². The van der Waals surface area contributed by atoms with Crippen LogP contribution in [0.25, 0.3) is 0 Å². The smallest absolute Gasteiger partial charge is 0.240 e. The first-order valence-corrected chi connectivity index (χ1v) is 9.90. The fraction of sp³-hybridized carbons (Fsp3) is 0.286. The molecule has 0 fully saturated rings. The molecular weight excluding hydrogens is 326 g/mol. The maximum atomic E-state index is 12.3. The van der Waals surface area contributed by atoms with Crippen LogP contribution in [0.5, 0.6) is 0 Å². The van der Waals surface area contributed by atoms with Crippen molar-refractivity contribution in [1.29, 1.82) is 0 Å². The zero-order chi connectivity index (χ0) is 15.8. The molecule has 118 valence electrons. The minimum Gasteiger partial charge on any atom is -0.468 e. The van der Waals surface area contributed by atoms with Gasteiger partial charge in [0.25, 0.3) is 0 Å². The second kappa shape index (κ2) is 5.53. The van der Waals surface area contributed by atoms with Crippen LogP contribution >= 0.6 is 0 Å². The molecule has 1 aromatic carbocycles. The molecule has 3 rings (SSSR count). The third-order valence-electron chi connectivity index (χ3n) is 3.55. The maximum absolute atomic E-state index is 12.3. The quantitative estimate of drug-likeness (QED) is 0.909. The average Bonchev–Trinajstić information content (AvgIpc) is 2.98. The number of sulfonamides is 1. The molecule has 0 radical (unpaired) electrons. The lowest BCUT2D eigenvalue weighted by Gasteiger charge is -2.17. The Bertz CT molecular complexity index is 883. The van der Waals surface area contributed by atoms with Crippen molar-refractivity contribution in [3.63, 3.8) is 0 Å². The van der Waals surface area contributed by atoms with Crippen molar-refractivity contribution in [2.75, 3.05) is 5.75 Å². The molecule has 8 heteroatoms. The number of hydrogen-bond acceptors (Lipinski definition) is 5. The zero-order valence-electron chi connectivity index (χ0n) is 11.7. The van der Waals surface area contributed by atoms with Gasteiger partial charge < -0.3 is 4.42 Å². The Morgan fingerprint density at radius 1 is 1.23 bits per heavy atom. The van der Waals surface area contributed by atoms with Crippen LogP contribution in [0, 0.1) is 0 Å². The largest absolute Gasteiger partial charge is 0.468 e. The lowest BCUT2D eigenvalue weighted by molar-refractivity contribution is 0.498. The van der Waals surface area contributed by atoms with Crippen molar-refractivity contribution < 1.29 is 21.3 Å². The summed E-state index contributed by atoms with van der Waals surface area (Å²) in [7, 11) is -6.99. The van der Waals surface area contributed by atoms with Gasteiger partial charge in [-0.15, -0.1) is 0 Å². The van der Waals surface area contributed by atoms with Crippen molar-refractivity contribution in [2.45, 2.75) is 29.2 Å². The van der Waals surface area contributed by atoms with Crippen LogP contribution < -0.4 is 4.72 Å². The Labute approximate surface area is 129 Å². The number of benzene rings is 1. The fourth-order valence-corrected chi connectivity index (χ4v) is 5.07. The van der Waals surface area contributed by atoms with Gasteiger partial charge in [0, 0.05) is 0 Å². The average molecular weight is 341 g/mol.